The zero-order valence-electron chi connectivity index (χ0n) is 35.4. The van der Waals surface area contributed by atoms with Gasteiger partial charge in [0.25, 0.3) is 11.7 Å². The minimum absolute atomic E-state index is 0.0813. The first-order valence-electron chi connectivity index (χ1n) is 20.6. The molecule has 2 aliphatic heterocycles. The largest absolute Gasteiger partial charge is 0.456 e. The summed E-state index contributed by atoms with van der Waals surface area (Å²) in [6.45, 7) is 15.6. The number of rotatable bonds is 19. The number of hydrogen-bond donors (Lipinski definition) is 2. The van der Waals surface area contributed by atoms with E-state index < -0.39 is 65.9 Å². The van der Waals surface area contributed by atoms with Crippen LogP contribution in [0, 0.1) is 29.6 Å². The number of amides is 1. The second-order valence-corrected chi connectivity index (χ2v) is 16.6. The summed E-state index contributed by atoms with van der Waals surface area (Å²) in [5, 5.41) is 22.2. The van der Waals surface area contributed by atoms with Crippen molar-refractivity contribution >= 4 is 23.4 Å². The highest BCUT2D eigenvalue weighted by Crippen LogP contribution is 2.38. The Morgan fingerprint density at radius 3 is 2.25 bits per heavy atom. The smallest absolute Gasteiger partial charge is 0.329 e. The van der Waals surface area contributed by atoms with Gasteiger partial charge < -0.3 is 38.8 Å². The number of nitrogens with zero attached hydrogens (tertiary/aromatic N) is 1. The van der Waals surface area contributed by atoms with Gasteiger partial charge in [-0.15, -0.1) is 0 Å². The third kappa shape index (κ3) is 11.6. The quantitative estimate of drug-likeness (QED) is 0.0936. The number of methoxy groups -OCH3 is 3. The fraction of sp³-hybridized carbons (Fsp3) is 0.814. The molecule has 3 aliphatic rings. The average Bonchev–Trinajstić information content (AvgIpc) is 3.66. The van der Waals surface area contributed by atoms with Crippen LogP contribution in [-0.4, -0.2) is 115 Å². The second kappa shape index (κ2) is 21.3. The van der Waals surface area contributed by atoms with E-state index in [2.05, 4.69) is 13.0 Å². The van der Waals surface area contributed by atoms with Crippen LogP contribution in [0.3, 0.4) is 0 Å². The van der Waals surface area contributed by atoms with Crippen molar-refractivity contribution in [2.75, 3.05) is 27.9 Å². The van der Waals surface area contributed by atoms with Gasteiger partial charge in [-0.25, -0.2) is 4.79 Å². The van der Waals surface area contributed by atoms with E-state index in [0.29, 0.717) is 32.1 Å². The molecule has 0 aromatic heterocycles. The van der Waals surface area contributed by atoms with E-state index in [1.165, 1.54) is 19.1 Å². The molecule has 2 heterocycles. The summed E-state index contributed by atoms with van der Waals surface area (Å²) >= 11 is 0. The SMILES string of the molecule is CCCC(OC)C1OC(O)(C(=O)C(=O)N2CCCC2C(=O)OC(/C(C)=C/C2CCC(O)C(OC)C2)C(C)C(C)CC(=O)C(C)/C=C(\C)CC)C(C)CC1OC. The molecule has 1 saturated carbocycles. The Kier molecular flexibility index (Phi) is 18.2. The Balaban J connectivity index is 1.88. The van der Waals surface area contributed by atoms with E-state index in [1.54, 1.807) is 14.0 Å². The van der Waals surface area contributed by atoms with Crippen LogP contribution in [0.15, 0.2) is 23.3 Å². The summed E-state index contributed by atoms with van der Waals surface area (Å²) in [5.41, 5.74) is 1.97. The van der Waals surface area contributed by atoms with Crippen LogP contribution in [0.1, 0.15) is 120 Å². The number of ether oxygens (including phenoxy) is 5. The van der Waals surface area contributed by atoms with Gasteiger partial charge in [0.1, 0.15) is 24.0 Å². The molecule has 1 aliphatic carbocycles. The molecule has 2 N–H and O–H groups in total. The van der Waals surface area contributed by atoms with E-state index in [0.717, 1.165) is 30.4 Å². The van der Waals surface area contributed by atoms with Crippen molar-refractivity contribution in [2.24, 2.45) is 29.6 Å². The van der Waals surface area contributed by atoms with Crippen LogP contribution in [0.25, 0.3) is 0 Å². The van der Waals surface area contributed by atoms with Crippen molar-refractivity contribution in [1.82, 2.24) is 4.90 Å². The van der Waals surface area contributed by atoms with Gasteiger partial charge in [0, 0.05) is 52.0 Å². The van der Waals surface area contributed by atoms with Crippen LogP contribution in [0.2, 0.25) is 0 Å². The molecule has 55 heavy (non-hydrogen) atoms. The molecular formula is C43H71NO11. The van der Waals surface area contributed by atoms with Gasteiger partial charge in [-0.05, 0) is 82.6 Å². The fourth-order valence-corrected chi connectivity index (χ4v) is 8.56. The number of carbonyl (C=O) groups excluding carboxylic acids is 4. The molecule has 3 rings (SSSR count). The summed E-state index contributed by atoms with van der Waals surface area (Å²) in [6.07, 6.45) is 6.29. The summed E-state index contributed by atoms with van der Waals surface area (Å²) in [7, 11) is 4.66. The van der Waals surface area contributed by atoms with E-state index in [4.69, 9.17) is 23.7 Å². The van der Waals surface area contributed by atoms with Crippen molar-refractivity contribution in [3.05, 3.63) is 23.3 Å². The molecule has 0 aromatic carbocycles. The maximum Gasteiger partial charge on any atom is 0.329 e. The number of aliphatic hydroxyl groups excluding tert-OH is 1. The first kappa shape index (κ1) is 46.9. The van der Waals surface area contributed by atoms with Gasteiger partial charge >= 0.3 is 5.97 Å². The van der Waals surface area contributed by atoms with Crippen LogP contribution in [0.5, 0.6) is 0 Å². The van der Waals surface area contributed by atoms with Gasteiger partial charge in [-0.2, -0.15) is 0 Å². The molecule has 0 radical (unpaired) electrons. The molecule has 0 bridgehead atoms. The summed E-state index contributed by atoms with van der Waals surface area (Å²) in [4.78, 5) is 56.7. The van der Waals surface area contributed by atoms with Crippen LogP contribution in [0.4, 0.5) is 0 Å². The summed E-state index contributed by atoms with van der Waals surface area (Å²) in [5.74, 6) is -6.46. The fourth-order valence-electron chi connectivity index (χ4n) is 8.56. The number of likely N-dealkylation sites (tertiary alicyclic amines) is 1. The lowest BCUT2D eigenvalue weighted by atomic mass is 9.79. The second-order valence-electron chi connectivity index (χ2n) is 16.6. The maximum absolute atomic E-state index is 14.2. The van der Waals surface area contributed by atoms with Crippen molar-refractivity contribution in [3.63, 3.8) is 0 Å². The van der Waals surface area contributed by atoms with Crippen molar-refractivity contribution in [1.29, 1.82) is 0 Å². The number of Topliss-reactive ketones (excluding diaryl/α,β-unsaturated/α-hetero) is 2. The maximum atomic E-state index is 14.2. The molecule has 1 amide bonds. The minimum Gasteiger partial charge on any atom is -0.456 e. The molecular weight excluding hydrogens is 706 g/mol. The Morgan fingerprint density at radius 2 is 1.65 bits per heavy atom. The van der Waals surface area contributed by atoms with Crippen LogP contribution < -0.4 is 0 Å². The minimum atomic E-state index is -2.44. The number of ketones is 2. The van der Waals surface area contributed by atoms with E-state index >= 15 is 0 Å². The van der Waals surface area contributed by atoms with Gasteiger partial charge in [0.15, 0.2) is 0 Å². The first-order valence-corrected chi connectivity index (χ1v) is 20.6. The highest BCUT2D eigenvalue weighted by molar-refractivity contribution is 6.39. The highest BCUT2D eigenvalue weighted by Gasteiger charge is 2.56. The molecule has 13 atom stereocenters. The lowest BCUT2D eigenvalue weighted by Gasteiger charge is -2.46. The standard InChI is InChI=1S/C43H71NO11/c1-12-15-35(51-9)39-37(53-11)23-29(7)43(50,55-39)40(47)41(48)44-19-14-16-32(44)42(49)54-38(28(6)21-31-17-18-33(45)36(24-31)52-10)30(8)26(4)22-34(46)27(5)20-25(3)13-2/h20-21,26-27,29-33,35-39,45,50H,12-19,22-24H2,1-11H3/b25-20+,28-21+. The molecule has 12 nitrogen and oxygen atoms in total. The Labute approximate surface area is 329 Å². The third-order valence-electron chi connectivity index (χ3n) is 12.6. The topological polar surface area (TPSA) is 158 Å². The number of esters is 1. The van der Waals surface area contributed by atoms with E-state index in [1.807, 2.05) is 47.6 Å². The number of hydrogen-bond acceptors (Lipinski definition) is 11. The van der Waals surface area contributed by atoms with Crippen molar-refractivity contribution in [2.45, 2.75) is 168 Å². The molecule has 3 fully saturated rings. The summed E-state index contributed by atoms with van der Waals surface area (Å²) < 4.78 is 29.3. The Hall–Kier alpha value is -2.48. The first-order chi connectivity index (χ1) is 26.0. The Bertz CT molecular complexity index is 1360. The normalized spacial score (nSPS) is 32.0. The molecule has 0 spiro atoms. The van der Waals surface area contributed by atoms with Gasteiger partial charge in [0.2, 0.25) is 5.79 Å². The van der Waals surface area contributed by atoms with Gasteiger partial charge in [-0.1, -0.05) is 65.7 Å². The predicted molar refractivity (Wildman–Crippen MR) is 209 cm³/mol. The van der Waals surface area contributed by atoms with E-state index in [-0.39, 0.29) is 54.9 Å². The number of aliphatic hydroxyl groups is 2. The highest BCUT2D eigenvalue weighted by atomic mass is 16.7. The van der Waals surface area contributed by atoms with Crippen LogP contribution in [-0.2, 0) is 42.9 Å². The zero-order valence-corrected chi connectivity index (χ0v) is 35.4. The van der Waals surface area contributed by atoms with Gasteiger partial charge in [-0.3, -0.25) is 14.4 Å². The molecule has 314 valence electrons. The lowest BCUT2D eigenvalue weighted by Crippen LogP contribution is -2.63. The molecule has 12 heteroatoms. The molecule has 0 aromatic rings. The lowest BCUT2D eigenvalue weighted by molar-refractivity contribution is -0.302. The molecule has 13 unspecified atom stereocenters. The Morgan fingerprint density at radius 1 is 0.982 bits per heavy atom. The predicted octanol–water partition coefficient (Wildman–Crippen LogP) is 5.75. The van der Waals surface area contributed by atoms with Crippen molar-refractivity contribution in [3.8, 4) is 0 Å². The monoisotopic (exact) mass is 778 g/mol. The van der Waals surface area contributed by atoms with Crippen molar-refractivity contribution < 1.29 is 53.1 Å². The van der Waals surface area contributed by atoms with Crippen LogP contribution >= 0.6 is 0 Å². The number of carbonyl (C=O) groups is 4. The molecule has 2 saturated heterocycles. The number of allylic oxidation sites excluding steroid dienone is 3. The zero-order chi connectivity index (χ0) is 41.2. The van der Waals surface area contributed by atoms with Gasteiger partial charge in [0.05, 0.1) is 24.4 Å². The third-order valence-corrected chi connectivity index (χ3v) is 12.6. The summed E-state index contributed by atoms with van der Waals surface area (Å²) in [6, 6.07) is -1.04. The average molecular weight is 778 g/mol. The van der Waals surface area contributed by atoms with E-state index in [9.17, 15) is 29.4 Å².